The molecule has 1 fully saturated rings. The van der Waals surface area contributed by atoms with E-state index in [0.29, 0.717) is 42.1 Å². The molecule has 8 nitrogen and oxygen atoms in total. The maximum absolute atomic E-state index is 14.8. The largest absolute Gasteiger partial charge is 0.442 e. The normalized spacial score (nSPS) is 22.8. The molecule has 0 saturated carbocycles. The number of hydrogen-bond acceptors (Lipinski definition) is 6. The summed E-state index contributed by atoms with van der Waals surface area (Å²) in [7, 11) is -0.979. The summed E-state index contributed by atoms with van der Waals surface area (Å²) in [6, 6.07) is 3.12. The summed E-state index contributed by atoms with van der Waals surface area (Å²) in [5.41, 5.74) is 1.80. The van der Waals surface area contributed by atoms with Crippen molar-refractivity contribution in [2.24, 2.45) is 0 Å². The van der Waals surface area contributed by atoms with Crippen molar-refractivity contribution in [2.75, 3.05) is 12.8 Å². The minimum absolute atomic E-state index is 0.355. The van der Waals surface area contributed by atoms with Gasteiger partial charge in [-0.25, -0.2) is 13.9 Å². The quantitative estimate of drug-likeness (QED) is 0.715. The first-order chi connectivity index (χ1) is 14.0. The van der Waals surface area contributed by atoms with Crippen molar-refractivity contribution < 1.29 is 18.1 Å². The number of nitrogens with zero attached hydrogens (tertiary/aromatic N) is 5. The molecule has 0 spiro atoms. The van der Waals surface area contributed by atoms with Crippen LogP contribution in [0.1, 0.15) is 17.7 Å². The average Bonchev–Trinajstić information content (AvgIpc) is 3.32. The number of hydrogen-bond donors (Lipinski definition) is 0. The summed E-state index contributed by atoms with van der Waals surface area (Å²) < 4.78 is 33.1. The molecule has 0 bridgehead atoms. The third-order valence-electron chi connectivity index (χ3n) is 4.81. The lowest BCUT2D eigenvalue weighted by Crippen LogP contribution is -2.36. The Morgan fingerprint density at radius 3 is 2.90 bits per heavy atom. The maximum Gasteiger partial charge on any atom is 0.410 e. The van der Waals surface area contributed by atoms with Crippen molar-refractivity contribution in [3.63, 3.8) is 0 Å². The van der Waals surface area contributed by atoms with Crippen molar-refractivity contribution in [1.29, 1.82) is 0 Å². The summed E-state index contributed by atoms with van der Waals surface area (Å²) in [6.45, 7) is 0.767. The number of cyclic esters (lactones) is 1. The first kappa shape index (κ1) is 19.4. The first-order valence-corrected chi connectivity index (χ1v) is 10.9. The van der Waals surface area contributed by atoms with Crippen molar-refractivity contribution in [1.82, 2.24) is 24.9 Å². The van der Waals surface area contributed by atoms with E-state index in [4.69, 9.17) is 4.74 Å². The van der Waals surface area contributed by atoms with Crippen molar-refractivity contribution >= 4 is 22.5 Å². The minimum Gasteiger partial charge on any atom is -0.442 e. The zero-order valence-corrected chi connectivity index (χ0v) is 16.6. The molecule has 2 aliphatic rings. The van der Waals surface area contributed by atoms with Gasteiger partial charge in [0.2, 0.25) is 0 Å². The van der Waals surface area contributed by atoms with Gasteiger partial charge in [-0.05, 0) is 18.6 Å². The lowest BCUT2D eigenvalue weighted by molar-refractivity contribution is 0.121. The molecule has 1 amide bonds. The smallest absolute Gasteiger partial charge is 0.410 e. The van der Waals surface area contributed by atoms with Crippen LogP contribution in [-0.2, 0) is 27.8 Å². The van der Waals surface area contributed by atoms with Gasteiger partial charge in [0.1, 0.15) is 11.9 Å². The van der Waals surface area contributed by atoms with E-state index in [1.807, 2.05) is 0 Å². The number of aromatic nitrogens is 4. The summed E-state index contributed by atoms with van der Waals surface area (Å²) in [4.78, 5) is 18.0. The molecule has 2 aromatic heterocycles. The number of allylic oxidation sites excluding steroid dienone is 2. The fraction of sp³-hybridized carbons (Fsp3) is 0.368. The number of halogens is 1. The number of pyridine rings is 1. The van der Waals surface area contributed by atoms with Gasteiger partial charge in [-0.1, -0.05) is 17.4 Å². The van der Waals surface area contributed by atoms with E-state index >= 15 is 0 Å². The van der Waals surface area contributed by atoms with Crippen molar-refractivity contribution in [2.45, 2.75) is 30.9 Å². The average molecular weight is 417 g/mol. The predicted molar refractivity (Wildman–Crippen MR) is 105 cm³/mol. The van der Waals surface area contributed by atoms with Crippen LogP contribution in [0.3, 0.4) is 0 Å². The molecule has 0 radical (unpaired) electrons. The Kier molecular flexibility index (Phi) is 5.52. The third-order valence-corrected chi connectivity index (χ3v) is 5.51. The van der Waals surface area contributed by atoms with E-state index in [1.165, 1.54) is 11.0 Å². The fourth-order valence-corrected chi connectivity index (χ4v) is 4.05. The number of carbonyl (C=O) groups excluding carboxylic acids is 1. The Hall–Kier alpha value is -2.88. The number of rotatable bonds is 6. The molecular formula is C19H20FN5O3S. The highest BCUT2D eigenvalue weighted by Gasteiger charge is 2.36. The van der Waals surface area contributed by atoms with Gasteiger partial charge < -0.3 is 4.74 Å². The predicted octanol–water partition coefficient (Wildman–Crippen LogP) is 2.08. The van der Waals surface area contributed by atoms with Crippen LogP contribution in [0.2, 0.25) is 0 Å². The molecule has 1 aliphatic carbocycles. The molecule has 29 heavy (non-hydrogen) atoms. The molecular weight excluding hydrogens is 397 g/mol. The molecule has 3 heterocycles. The second-order valence-electron chi connectivity index (χ2n) is 6.97. The number of amides is 1. The Morgan fingerprint density at radius 2 is 2.24 bits per heavy atom. The van der Waals surface area contributed by atoms with E-state index in [2.05, 4.69) is 15.3 Å². The zero-order chi connectivity index (χ0) is 20.4. The minimum atomic E-state index is -0.979. The fourth-order valence-electron chi connectivity index (χ4n) is 3.46. The van der Waals surface area contributed by atoms with E-state index in [0.717, 1.165) is 0 Å². The lowest BCUT2D eigenvalue weighted by atomic mass is 9.96. The van der Waals surface area contributed by atoms with E-state index in [1.54, 1.807) is 47.7 Å². The second kappa shape index (κ2) is 8.24. The van der Waals surface area contributed by atoms with Gasteiger partial charge in [-0.3, -0.25) is 14.1 Å². The van der Waals surface area contributed by atoms with Gasteiger partial charge in [-0.15, -0.1) is 5.10 Å². The number of ether oxygens (including phenoxy) is 1. The van der Waals surface area contributed by atoms with Crippen LogP contribution in [0.5, 0.6) is 0 Å². The molecule has 1 saturated heterocycles. The van der Waals surface area contributed by atoms with Gasteiger partial charge in [0, 0.05) is 40.6 Å². The summed E-state index contributed by atoms with van der Waals surface area (Å²) >= 11 is 0. The van der Waals surface area contributed by atoms with Gasteiger partial charge in [0.15, 0.2) is 0 Å². The van der Waals surface area contributed by atoms with Crippen LogP contribution in [0.15, 0.2) is 48.7 Å². The highest BCUT2D eigenvalue weighted by Crippen LogP contribution is 2.32. The summed E-state index contributed by atoms with van der Waals surface area (Å²) in [5, 5.41) is 7.60. The van der Waals surface area contributed by atoms with Crippen molar-refractivity contribution in [3.05, 3.63) is 60.0 Å². The first-order valence-electron chi connectivity index (χ1n) is 9.14. The second-order valence-corrected chi connectivity index (χ2v) is 8.41. The van der Waals surface area contributed by atoms with Crippen LogP contribution in [-0.4, -0.2) is 60.1 Å². The van der Waals surface area contributed by atoms with E-state index < -0.39 is 28.8 Å². The Balaban J connectivity index is 1.42. The maximum atomic E-state index is 14.8. The van der Waals surface area contributed by atoms with Crippen LogP contribution in [0.25, 0.3) is 5.57 Å². The molecule has 2 aromatic rings. The van der Waals surface area contributed by atoms with E-state index in [-0.39, 0.29) is 6.10 Å². The molecule has 4 rings (SSSR count). The molecule has 0 aromatic carbocycles. The Bertz CT molecular complexity index is 974. The standard InChI is InChI=1S/C19H20FN5O3S/c1-29(27)12-14-3-2-13(9-21-14)17-5-4-15(8-18(17)20)25-11-16(28-19(25)26)10-24-7-6-22-23-24/h2-3,5-9,15-16H,4,10-12H2,1H3/t15?,16-,29?/m0/s1. The van der Waals surface area contributed by atoms with Crippen LogP contribution in [0, 0.1) is 0 Å². The van der Waals surface area contributed by atoms with Gasteiger partial charge >= 0.3 is 6.09 Å². The monoisotopic (exact) mass is 417 g/mol. The Morgan fingerprint density at radius 1 is 1.38 bits per heavy atom. The molecule has 1 aliphatic heterocycles. The van der Waals surface area contributed by atoms with Gasteiger partial charge in [0.25, 0.3) is 0 Å². The zero-order valence-electron chi connectivity index (χ0n) is 15.8. The summed E-state index contributed by atoms with van der Waals surface area (Å²) in [5.74, 6) is -0.0329. The van der Waals surface area contributed by atoms with Crippen LogP contribution >= 0.6 is 0 Å². The lowest BCUT2D eigenvalue weighted by Gasteiger charge is -2.25. The van der Waals surface area contributed by atoms with Crippen LogP contribution in [0.4, 0.5) is 9.18 Å². The third kappa shape index (κ3) is 4.42. The topological polar surface area (TPSA) is 90.2 Å². The highest BCUT2D eigenvalue weighted by molar-refractivity contribution is 7.83. The SMILES string of the molecule is CS(=O)Cc1ccc(C2=CCC(N3C[C@H](Cn4ccnn4)OC3=O)C=C2F)cn1. The summed E-state index contributed by atoms with van der Waals surface area (Å²) in [6.07, 6.45) is 9.34. The van der Waals surface area contributed by atoms with Crippen LogP contribution < -0.4 is 0 Å². The van der Waals surface area contributed by atoms with Gasteiger partial charge in [0.05, 0.1) is 36.8 Å². The molecule has 3 atom stereocenters. The van der Waals surface area contributed by atoms with Crippen molar-refractivity contribution in [3.8, 4) is 0 Å². The molecule has 152 valence electrons. The molecule has 2 unspecified atom stereocenters. The highest BCUT2D eigenvalue weighted by atomic mass is 32.2. The molecule has 0 N–H and O–H groups in total. The van der Waals surface area contributed by atoms with Gasteiger partial charge in [-0.2, -0.15) is 0 Å². The Labute approximate surface area is 169 Å². The van der Waals surface area contributed by atoms with E-state index in [9.17, 15) is 13.4 Å². The molecule has 10 heteroatoms. The number of carbonyl (C=O) groups is 1.